The molecule has 6 heteroatoms. The minimum Gasteiger partial charge on any atom is -0.480 e. The van der Waals surface area contributed by atoms with E-state index >= 15 is 0 Å². The molecule has 0 saturated heterocycles. The van der Waals surface area contributed by atoms with E-state index in [1.165, 1.54) is 0 Å². The summed E-state index contributed by atoms with van der Waals surface area (Å²) in [5, 5.41) is 14.3. The van der Waals surface area contributed by atoms with Crippen LogP contribution >= 0.6 is 11.8 Å². The summed E-state index contributed by atoms with van der Waals surface area (Å²) >= 11 is 1.75. The number of carboxylic acid groups (broad SMARTS) is 1. The molecule has 2 atom stereocenters. The smallest absolute Gasteiger partial charge is 0.326 e. The molecule has 0 bridgehead atoms. The number of thioether (sulfide) groups is 1. The van der Waals surface area contributed by atoms with E-state index in [0.29, 0.717) is 12.3 Å². The van der Waals surface area contributed by atoms with Crippen LogP contribution in [0.4, 0.5) is 4.79 Å². The van der Waals surface area contributed by atoms with E-state index in [2.05, 4.69) is 17.6 Å². The van der Waals surface area contributed by atoms with E-state index in [-0.39, 0.29) is 12.1 Å². The molecular weight excluding hydrogens is 252 g/mol. The summed E-state index contributed by atoms with van der Waals surface area (Å²) in [5.74, 6) is 1.37. The van der Waals surface area contributed by atoms with Crippen molar-refractivity contribution in [1.29, 1.82) is 0 Å². The van der Waals surface area contributed by atoms with Crippen LogP contribution in [0.25, 0.3) is 0 Å². The lowest BCUT2D eigenvalue weighted by atomic mass is 10.1. The summed E-state index contributed by atoms with van der Waals surface area (Å²) in [5.41, 5.74) is 0. The highest BCUT2D eigenvalue weighted by Crippen LogP contribution is 2.33. The van der Waals surface area contributed by atoms with Gasteiger partial charge in [-0.3, -0.25) is 0 Å². The van der Waals surface area contributed by atoms with Crippen molar-refractivity contribution in [2.75, 3.05) is 11.5 Å². The number of hydrogen-bond donors (Lipinski definition) is 3. The molecule has 0 aromatic rings. The lowest BCUT2D eigenvalue weighted by Crippen LogP contribution is -2.49. The second kappa shape index (κ2) is 7.51. The van der Waals surface area contributed by atoms with Gasteiger partial charge in [-0.15, -0.1) is 0 Å². The van der Waals surface area contributed by atoms with Crippen molar-refractivity contribution in [2.45, 2.75) is 45.2 Å². The highest BCUT2D eigenvalue weighted by Gasteiger charge is 2.30. The molecule has 3 N–H and O–H groups in total. The molecule has 104 valence electrons. The first kappa shape index (κ1) is 15.1. The first-order valence-corrected chi connectivity index (χ1v) is 7.56. The Labute approximate surface area is 112 Å². The summed E-state index contributed by atoms with van der Waals surface area (Å²) in [7, 11) is 0. The topological polar surface area (TPSA) is 78.4 Å². The van der Waals surface area contributed by atoms with Crippen LogP contribution < -0.4 is 10.6 Å². The van der Waals surface area contributed by atoms with Crippen molar-refractivity contribution in [3.63, 3.8) is 0 Å². The van der Waals surface area contributed by atoms with Gasteiger partial charge in [0.25, 0.3) is 0 Å². The highest BCUT2D eigenvalue weighted by molar-refractivity contribution is 7.99. The summed E-state index contributed by atoms with van der Waals surface area (Å²) < 4.78 is 0. The minimum atomic E-state index is -0.951. The Kier molecular flexibility index (Phi) is 6.32. The van der Waals surface area contributed by atoms with Crippen molar-refractivity contribution in [2.24, 2.45) is 5.92 Å². The molecule has 0 heterocycles. The quantitative estimate of drug-likeness (QED) is 0.629. The number of amides is 2. The van der Waals surface area contributed by atoms with Crippen molar-refractivity contribution >= 4 is 23.8 Å². The van der Waals surface area contributed by atoms with Crippen LogP contribution in [-0.2, 0) is 4.79 Å². The number of nitrogens with one attached hydrogen (secondary N) is 2. The van der Waals surface area contributed by atoms with Crippen molar-refractivity contribution < 1.29 is 14.7 Å². The molecule has 1 rings (SSSR count). The highest BCUT2D eigenvalue weighted by atomic mass is 32.2. The monoisotopic (exact) mass is 274 g/mol. The molecule has 0 aromatic heterocycles. The van der Waals surface area contributed by atoms with E-state index in [9.17, 15) is 9.59 Å². The van der Waals surface area contributed by atoms with Gasteiger partial charge in [0.15, 0.2) is 0 Å². The van der Waals surface area contributed by atoms with Crippen LogP contribution in [0.2, 0.25) is 0 Å². The zero-order chi connectivity index (χ0) is 13.5. The fraction of sp³-hybridized carbons (Fsp3) is 0.833. The summed E-state index contributed by atoms with van der Waals surface area (Å²) in [6, 6.07) is -1.10. The third-order valence-electron chi connectivity index (χ3n) is 2.82. The molecule has 1 fully saturated rings. The van der Waals surface area contributed by atoms with Crippen LogP contribution in [-0.4, -0.2) is 40.7 Å². The number of carboxylic acids is 1. The molecular formula is C12H22N2O3S. The van der Waals surface area contributed by atoms with Crippen molar-refractivity contribution in [3.8, 4) is 0 Å². The van der Waals surface area contributed by atoms with Crippen LogP contribution in [0, 0.1) is 5.92 Å². The van der Waals surface area contributed by atoms with E-state index in [1.807, 2.05) is 6.92 Å². The number of urea groups is 1. The van der Waals surface area contributed by atoms with Gasteiger partial charge in [0.2, 0.25) is 0 Å². The lowest BCUT2D eigenvalue weighted by Gasteiger charge is -2.18. The average Bonchev–Trinajstić information content (AvgIpc) is 3.09. The predicted molar refractivity (Wildman–Crippen MR) is 72.9 cm³/mol. The molecule has 0 radical (unpaired) electrons. The standard InChI is InChI=1S/C12H22N2O3S/c1-3-18-7-8(2)13-12(17)14-10(11(15)16)6-9-4-5-9/h8-10H,3-7H2,1-2H3,(H,15,16)(H2,13,14,17)/t8?,10-/m0/s1. The predicted octanol–water partition coefficient (Wildman–Crippen LogP) is 1.68. The maximum atomic E-state index is 11.6. The molecule has 0 aliphatic heterocycles. The third-order valence-corrected chi connectivity index (χ3v) is 3.96. The van der Waals surface area contributed by atoms with Gasteiger partial charge in [-0.2, -0.15) is 11.8 Å². The van der Waals surface area contributed by atoms with Crippen LogP contribution in [0.5, 0.6) is 0 Å². The maximum Gasteiger partial charge on any atom is 0.326 e. The summed E-state index contributed by atoms with van der Waals surface area (Å²) in [6.45, 7) is 3.98. The van der Waals surface area contributed by atoms with Gasteiger partial charge in [0.05, 0.1) is 0 Å². The van der Waals surface area contributed by atoms with E-state index in [0.717, 1.165) is 24.3 Å². The van der Waals surface area contributed by atoms with E-state index < -0.39 is 12.0 Å². The number of carbonyl (C=O) groups is 2. The summed E-state index contributed by atoms with van der Waals surface area (Å²) in [4.78, 5) is 22.6. The fourth-order valence-electron chi connectivity index (χ4n) is 1.67. The SMILES string of the molecule is CCSCC(C)NC(=O)N[C@@H](CC1CC1)C(=O)O. The van der Waals surface area contributed by atoms with Gasteiger partial charge in [0, 0.05) is 11.8 Å². The third kappa shape index (κ3) is 6.14. The maximum absolute atomic E-state index is 11.6. The van der Waals surface area contributed by atoms with Crippen molar-refractivity contribution in [1.82, 2.24) is 10.6 Å². The Balaban J connectivity index is 2.28. The molecule has 2 amide bonds. The molecule has 5 nitrogen and oxygen atoms in total. The Hall–Kier alpha value is -0.910. The van der Waals surface area contributed by atoms with Crippen LogP contribution in [0.3, 0.4) is 0 Å². The Morgan fingerprint density at radius 2 is 2.06 bits per heavy atom. The zero-order valence-electron chi connectivity index (χ0n) is 10.9. The van der Waals surface area contributed by atoms with Gasteiger partial charge >= 0.3 is 12.0 Å². The normalized spacial score (nSPS) is 17.9. The first-order chi connectivity index (χ1) is 8.52. The molecule has 1 aliphatic rings. The second-order valence-corrected chi connectivity index (χ2v) is 6.07. The molecule has 1 saturated carbocycles. The lowest BCUT2D eigenvalue weighted by molar-refractivity contribution is -0.139. The first-order valence-electron chi connectivity index (χ1n) is 6.40. The number of carbonyl (C=O) groups excluding carboxylic acids is 1. The number of aliphatic carboxylic acids is 1. The second-order valence-electron chi connectivity index (χ2n) is 4.75. The molecule has 0 aromatic carbocycles. The van der Waals surface area contributed by atoms with Crippen molar-refractivity contribution in [3.05, 3.63) is 0 Å². The minimum absolute atomic E-state index is 0.0466. The van der Waals surface area contributed by atoms with Gasteiger partial charge in [-0.1, -0.05) is 19.8 Å². The molecule has 0 spiro atoms. The summed E-state index contributed by atoms with van der Waals surface area (Å²) in [6.07, 6.45) is 2.70. The van der Waals surface area contributed by atoms with Gasteiger partial charge in [0.1, 0.15) is 6.04 Å². The van der Waals surface area contributed by atoms with Crippen LogP contribution in [0.15, 0.2) is 0 Å². The van der Waals surface area contributed by atoms with Crippen LogP contribution in [0.1, 0.15) is 33.1 Å². The van der Waals surface area contributed by atoms with Gasteiger partial charge in [-0.05, 0) is 25.0 Å². The van der Waals surface area contributed by atoms with E-state index in [4.69, 9.17) is 5.11 Å². The molecule has 1 aliphatic carbocycles. The Morgan fingerprint density at radius 3 is 2.56 bits per heavy atom. The Bertz CT molecular complexity index is 295. The Morgan fingerprint density at radius 1 is 1.39 bits per heavy atom. The average molecular weight is 274 g/mol. The molecule has 1 unspecified atom stereocenters. The fourth-order valence-corrected chi connectivity index (χ4v) is 2.34. The zero-order valence-corrected chi connectivity index (χ0v) is 11.8. The van der Waals surface area contributed by atoms with E-state index in [1.54, 1.807) is 11.8 Å². The van der Waals surface area contributed by atoms with Gasteiger partial charge < -0.3 is 15.7 Å². The molecule has 18 heavy (non-hydrogen) atoms. The number of hydrogen-bond acceptors (Lipinski definition) is 3. The van der Waals surface area contributed by atoms with Gasteiger partial charge in [-0.25, -0.2) is 9.59 Å². The largest absolute Gasteiger partial charge is 0.480 e. The number of rotatable bonds is 8.